The van der Waals surface area contributed by atoms with Crippen molar-refractivity contribution in [3.8, 4) is 24.7 Å². The minimum absolute atomic E-state index is 0.151. The molecule has 0 radical (unpaired) electrons. The Labute approximate surface area is 123 Å². The SMILES string of the molecule is C#CC(C)(CC)OP(=O)(CC=CC)OC(C)(C#C)CC. The Kier molecular flexibility index (Phi) is 7.32. The summed E-state index contributed by atoms with van der Waals surface area (Å²) < 4.78 is 24.3. The van der Waals surface area contributed by atoms with Crippen LogP contribution in [0.25, 0.3) is 0 Å². The standard InChI is InChI=1S/C16H25O3P/c1-8-13-14-20(17,18-15(6,9-2)10-3)19-16(7,11-4)12-5/h2,4,8,13H,10,12,14H2,1,3,5-7H3. The molecule has 0 spiro atoms. The third kappa shape index (κ3) is 5.56. The molecule has 4 heteroatoms. The fourth-order valence-corrected chi connectivity index (χ4v) is 3.57. The third-order valence-electron chi connectivity index (χ3n) is 3.21. The molecule has 2 atom stereocenters. The molecule has 0 heterocycles. The number of rotatable bonds is 8. The van der Waals surface area contributed by atoms with Gasteiger partial charge in [-0.05, 0) is 33.6 Å². The molecule has 2 unspecified atom stereocenters. The van der Waals surface area contributed by atoms with Crippen molar-refractivity contribution in [2.75, 3.05) is 6.16 Å². The predicted octanol–water partition coefficient (Wildman–Crippen LogP) is 4.39. The molecule has 0 aliphatic carbocycles. The highest BCUT2D eigenvalue weighted by molar-refractivity contribution is 7.54. The minimum atomic E-state index is -3.42. The van der Waals surface area contributed by atoms with Gasteiger partial charge in [0.1, 0.15) is 11.2 Å². The van der Waals surface area contributed by atoms with Gasteiger partial charge in [0.25, 0.3) is 0 Å². The Balaban J connectivity index is 5.39. The highest BCUT2D eigenvalue weighted by Gasteiger charge is 2.38. The van der Waals surface area contributed by atoms with Crippen LogP contribution in [0.1, 0.15) is 47.5 Å². The van der Waals surface area contributed by atoms with Gasteiger partial charge in [-0.1, -0.05) is 37.8 Å². The van der Waals surface area contributed by atoms with E-state index in [-0.39, 0.29) is 6.16 Å². The lowest BCUT2D eigenvalue weighted by Gasteiger charge is -2.33. The van der Waals surface area contributed by atoms with Crippen LogP contribution in [0.4, 0.5) is 0 Å². The van der Waals surface area contributed by atoms with E-state index in [0.717, 1.165) is 0 Å². The second-order valence-electron chi connectivity index (χ2n) is 5.00. The van der Waals surface area contributed by atoms with E-state index in [0.29, 0.717) is 12.8 Å². The molecule has 0 saturated carbocycles. The van der Waals surface area contributed by atoms with Crippen molar-refractivity contribution in [2.24, 2.45) is 0 Å². The van der Waals surface area contributed by atoms with Gasteiger partial charge in [0.2, 0.25) is 0 Å². The smallest absolute Gasteiger partial charge is 0.289 e. The Morgan fingerprint density at radius 1 is 1.10 bits per heavy atom. The second-order valence-corrected chi connectivity index (χ2v) is 6.95. The Morgan fingerprint density at radius 3 is 1.75 bits per heavy atom. The van der Waals surface area contributed by atoms with Crippen molar-refractivity contribution < 1.29 is 13.6 Å². The van der Waals surface area contributed by atoms with Gasteiger partial charge in [-0.3, -0.25) is 13.6 Å². The van der Waals surface area contributed by atoms with Gasteiger partial charge < -0.3 is 0 Å². The van der Waals surface area contributed by atoms with Crippen molar-refractivity contribution in [3.63, 3.8) is 0 Å². The van der Waals surface area contributed by atoms with E-state index < -0.39 is 18.8 Å². The van der Waals surface area contributed by atoms with Crippen molar-refractivity contribution in [3.05, 3.63) is 12.2 Å². The molecule has 0 aliphatic rings. The summed E-state index contributed by atoms with van der Waals surface area (Å²) in [6.07, 6.45) is 15.7. The van der Waals surface area contributed by atoms with Crippen molar-refractivity contribution in [1.29, 1.82) is 0 Å². The predicted molar refractivity (Wildman–Crippen MR) is 84.5 cm³/mol. The molecular weight excluding hydrogens is 271 g/mol. The molecule has 20 heavy (non-hydrogen) atoms. The van der Waals surface area contributed by atoms with E-state index in [2.05, 4.69) is 11.8 Å². The highest BCUT2D eigenvalue weighted by atomic mass is 31.2. The lowest BCUT2D eigenvalue weighted by molar-refractivity contribution is 0.0648. The maximum Gasteiger partial charge on any atom is 0.337 e. The van der Waals surface area contributed by atoms with E-state index in [1.54, 1.807) is 26.0 Å². The topological polar surface area (TPSA) is 35.5 Å². The van der Waals surface area contributed by atoms with Crippen LogP contribution < -0.4 is 0 Å². The van der Waals surface area contributed by atoms with Crippen molar-refractivity contribution in [2.45, 2.75) is 58.7 Å². The second kappa shape index (κ2) is 7.70. The number of terminal acetylenes is 2. The normalized spacial score (nSPS) is 20.4. The van der Waals surface area contributed by atoms with Gasteiger partial charge in [0.05, 0.1) is 6.16 Å². The summed E-state index contributed by atoms with van der Waals surface area (Å²) in [5.74, 6) is 5.06. The van der Waals surface area contributed by atoms with E-state index in [1.807, 2.05) is 20.8 Å². The lowest BCUT2D eigenvalue weighted by atomic mass is 10.1. The fraction of sp³-hybridized carbons (Fsp3) is 0.625. The molecule has 112 valence electrons. The van der Waals surface area contributed by atoms with Gasteiger partial charge in [-0.2, -0.15) is 0 Å². The maximum atomic E-state index is 13.0. The van der Waals surface area contributed by atoms with Gasteiger partial charge in [-0.25, -0.2) is 0 Å². The van der Waals surface area contributed by atoms with Crippen LogP contribution >= 0.6 is 7.60 Å². The Bertz CT molecular complexity index is 435. The largest absolute Gasteiger partial charge is 0.337 e. The molecule has 3 nitrogen and oxygen atoms in total. The average molecular weight is 296 g/mol. The van der Waals surface area contributed by atoms with Crippen LogP contribution in [0.15, 0.2) is 12.2 Å². The maximum absolute atomic E-state index is 13.0. The van der Waals surface area contributed by atoms with E-state index in [9.17, 15) is 4.57 Å². The fourth-order valence-electron chi connectivity index (χ4n) is 1.33. The lowest BCUT2D eigenvalue weighted by Crippen LogP contribution is -2.30. The minimum Gasteiger partial charge on any atom is -0.289 e. The van der Waals surface area contributed by atoms with Crippen LogP contribution in [-0.4, -0.2) is 17.4 Å². The zero-order valence-electron chi connectivity index (χ0n) is 13.1. The highest BCUT2D eigenvalue weighted by Crippen LogP contribution is 2.55. The van der Waals surface area contributed by atoms with Crippen LogP contribution in [-0.2, 0) is 13.6 Å². The van der Waals surface area contributed by atoms with Gasteiger partial charge in [-0.15, -0.1) is 12.8 Å². The number of hydrogen-bond donors (Lipinski definition) is 0. The molecule has 0 saturated heterocycles. The quantitative estimate of drug-likeness (QED) is 0.378. The van der Waals surface area contributed by atoms with Gasteiger partial charge in [0.15, 0.2) is 0 Å². The monoisotopic (exact) mass is 296 g/mol. The molecule has 0 aromatic carbocycles. The molecule has 0 aromatic rings. The Morgan fingerprint density at radius 2 is 1.50 bits per heavy atom. The van der Waals surface area contributed by atoms with Gasteiger partial charge in [0, 0.05) is 0 Å². The van der Waals surface area contributed by atoms with E-state index in [1.165, 1.54) is 0 Å². The van der Waals surface area contributed by atoms with E-state index in [4.69, 9.17) is 21.9 Å². The first-order chi connectivity index (χ1) is 9.22. The zero-order chi connectivity index (χ0) is 15.9. The molecule has 0 rings (SSSR count). The third-order valence-corrected chi connectivity index (χ3v) is 5.23. The number of hydrogen-bond acceptors (Lipinski definition) is 3. The molecule has 0 amide bonds. The first-order valence-corrected chi connectivity index (χ1v) is 8.52. The molecule has 0 bridgehead atoms. The van der Waals surface area contributed by atoms with E-state index >= 15 is 0 Å². The first kappa shape index (κ1) is 19.0. The zero-order valence-corrected chi connectivity index (χ0v) is 14.0. The summed E-state index contributed by atoms with van der Waals surface area (Å²) in [5, 5.41) is 0. The summed E-state index contributed by atoms with van der Waals surface area (Å²) >= 11 is 0. The van der Waals surface area contributed by atoms with Crippen LogP contribution in [0.2, 0.25) is 0 Å². The molecule has 0 N–H and O–H groups in total. The number of allylic oxidation sites excluding steroid dienone is 2. The molecule has 0 aliphatic heterocycles. The summed E-state index contributed by atoms with van der Waals surface area (Å²) in [7, 11) is -3.42. The molecule has 0 aromatic heterocycles. The summed E-state index contributed by atoms with van der Waals surface area (Å²) in [6, 6.07) is 0. The van der Waals surface area contributed by atoms with Crippen LogP contribution in [0.5, 0.6) is 0 Å². The molecular formula is C16H25O3P. The molecule has 0 fully saturated rings. The Hall–Kier alpha value is -0.990. The van der Waals surface area contributed by atoms with Crippen LogP contribution in [0.3, 0.4) is 0 Å². The van der Waals surface area contributed by atoms with Crippen molar-refractivity contribution in [1.82, 2.24) is 0 Å². The van der Waals surface area contributed by atoms with Crippen LogP contribution in [0, 0.1) is 24.7 Å². The summed E-state index contributed by atoms with van der Waals surface area (Å²) in [6.45, 7) is 9.03. The average Bonchev–Trinajstić information content (AvgIpc) is 2.44. The van der Waals surface area contributed by atoms with Crippen molar-refractivity contribution >= 4 is 7.60 Å². The first-order valence-electron chi connectivity index (χ1n) is 6.79. The summed E-state index contributed by atoms with van der Waals surface area (Å²) in [4.78, 5) is 0. The summed E-state index contributed by atoms with van der Waals surface area (Å²) in [5.41, 5.74) is -1.86. The van der Waals surface area contributed by atoms with Gasteiger partial charge >= 0.3 is 7.60 Å².